The number of nitrogens with zero attached hydrogens (tertiary/aromatic N) is 3. The lowest BCUT2D eigenvalue weighted by Gasteiger charge is -2.38. The number of aromatic nitrogens is 1. The Morgan fingerprint density at radius 2 is 1.91 bits per heavy atom. The second-order valence-electron chi connectivity index (χ2n) is 10.0. The van der Waals surface area contributed by atoms with Gasteiger partial charge in [0.1, 0.15) is 11.7 Å². The number of thiophene rings is 1. The summed E-state index contributed by atoms with van der Waals surface area (Å²) in [4.78, 5) is 31.4. The zero-order chi connectivity index (χ0) is 22.1. The van der Waals surface area contributed by atoms with Crippen molar-refractivity contribution >= 4 is 33.4 Å². The smallest absolute Gasteiger partial charge is 0.271 e. The van der Waals surface area contributed by atoms with Crippen LogP contribution in [0.2, 0.25) is 0 Å². The fraction of sp³-hybridized carbons (Fsp3) is 0.680. The van der Waals surface area contributed by atoms with Gasteiger partial charge in [0.25, 0.3) is 5.91 Å². The van der Waals surface area contributed by atoms with Gasteiger partial charge >= 0.3 is 0 Å². The molecule has 4 heterocycles. The Bertz CT molecular complexity index is 952. The summed E-state index contributed by atoms with van der Waals surface area (Å²) in [7, 11) is 0. The lowest BCUT2D eigenvalue weighted by atomic mass is 9.87. The minimum Gasteiger partial charge on any atom is -0.352 e. The summed E-state index contributed by atoms with van der Waals surface area (Å²) in [5.41, 5.74) is 1.82. The molecule has 0 bridgehead atoms. The molecule has 1 N–H and O–H groups in total. The first-order chi connectivity index (χ1) is 15.6. The van der Waals surface area contributed by atoms with Gasteiger partial charge in [0.05, 0.1) is 16.8 Å². The molecule has 2 aromatic rings. The summed E-state index contributed by atoms with van der Waals surface area (Å²) in [6.07, 6.45) is 9.24. The molecule has 2 amide bonds. The van der Waals surface area contributed by atoms with Crippen LogP contribution in [0.4, 0.5) is 0 Å². The standard InChI is InChI=1S/C25H36N4O2S/c1-18-6-8-19(9-7-18)26-24(30)22-17-29-20-10-15-32-23(20)16-21(29)25(31)28(22)14-5-13-27-11-3-2-4-12-27/h10,15-16,18-19,22H,2-9,11-14,17H2,1H3,(H,26,30). The van der Waals surface area contributed by atoms with Crippen molar-refractivity contribution in [2.75, 3.05) is 26.2 Å². The van der Waals surface area contributed by atoms with Crippen LogP contribution >= 0.6 is 11.3 Å². The van der Waals surface area contributed by atoms with Gasteiger partial charge in [0, 0.05) is 12.6 Å². The van der Waals surface area contributed by atoms with Crippen LogP contribution in [0.1, 0.15) is 68.8 Å². The van der Waals surface area contributed by atoms with E-state index in [1.165, 1.54) is 32.1 Å². The Hall–Kier alpha value is -1.86. The highest BCUT2D eigenvalue weighted by Crippen LogP contribution is 2.31. The number of hydrogen-bond donors (Lipinski definition) is 1. The number of rotatable bonds is 6. The van der Waals surface area contributed by atoms with Crippen LogP contribution in [0.25, 0.3) is 10.2 Å². The van der Waals surface area contributed by atoms with Crippen LogP contribution in [-0.2, 0) is 11.3 Å². The van der Waals surface area contributed by atoms with E-state index in [2.05, 4.69) is 33.2 Å². The van der Waals surface area contributed by atoms with Crippen LogP contribution in [0.3, 0.4) is 0 Å². The Morgan fingerprint density at radius 3 is 2.69 bits per heavy atom. The van der Waals surface area contributed by atoms with Crippen LogP contribution in [-0.4, -0.2) is 64.4 Å². The Morgan fingerprint density at radius 1 is 1.12 bits per heavy atom. The molecule has 2 aromatic heterocycles. The van der Waals surface area contributed by atoms with E-state index >= 15 is 0 Å². The Labute approximate surface area is 194 Å². The maximum atomic E-state index is 13.5. The number of fused-ring (bicyclic) bond motifs is 3. The van der Waals surface area contributed by atoms with Crippen LogP contribution in [0.5, 0.6) is 0 Å². The lowest BCUT2D eigenvalue weighted by Crippen LogP contribution is -2.57. The zero-order valence-corrected chi connectivity index (χ0v) is 20.0. The Balaban J connectivity index is 1.32. The van der Waals surface area contributed by atoms with E-state index < -0.39 is 6.04 Å². The van der Waals surface area contributed by atoms with Crippen LogP contribution < -0.4 is 5.32 Å². The van der Waals surface area contributed by atoms with Crippen molar-refractivity contribution in [3.8, 4) is 0 Å². The number of piperidine rings is 1. The van der Waals surface area contributed by atoms with E-state index in [0.717, 1.165) is 60.7 Å². The average Bonchev–Trinajstić information content (AvgIpc) is 3.39. The monoisotopic (exact) mass is 456 g/mol. The van der Waals surface area contributed by atoms with E-state index in [4.69, 9.17) is 0 Å². The van der Waals surface area contributed by atoms with Gasteiger partial charge in [-0.1, -0.05) is 13.3 Å². The third-order valence-corrected chi connectivity index (χ3v) is 8.57. The summed E-state index contributed by atoms with van der Waals surface area (Å²) in [6, 6.07) is 3.90. The third kappa shape index (κ3) is 4.46. The largest absolute Gasteiger partial charge is 0.352 e. The molecule has 6 nitrogen and oxygen atoms in total. The zero-order valence-electron chi connectivity index (χ0n) is 19.2. The maximum Gasteiger partial charge on any atom is 0.271 e. The highest BCUT2D eigenvalue weighted by Gasteiger charge is 2.38. The predicted molar refractivity (Wildman–Crippen MR) is 129 cm³/mol. The van der Waals surface area contributed by atoms with Crippen molar-refractivity contribution in [2.45, 2.75) is 76.9 Å². The molecular weight excluding hydrogens is 420 g/mol. The van der Waals surface area contributed by atoms with Gasteiger partial charge in [-0.05, 0) is 88.0 Å². The van der Waals surface area contributed by atoms with Crippen LogP contribution in [0, 0.1) is 5.92 Å². The SMILES string of the molecule is CC1CCC(NC(=O)C2Cn3c(cc4sccc43)C(=O)N2CCCN2CCCCC2)CC1. The molecule has 1 unspecified atom stereocenters. The maximum absolute atomic E-state index is 13.5. The first-order valence-electron chi connectivity index (χ1n) is 12.5. The van der Waals surface area contributed by atoms with E-state index in [9.17, 15) is 9.59 Å². The van der Waals surface area contributed by atoms with Gasteiger partial charge in [-0.25, -0.2) is 0 Å². The van der Waals surface area contributed by atoms with Crippen molar-refractivity contribution in [3.05, 3.63) is 23.2 Å². The molecule has 3 aliphatic rings. The van der Waals surface area contributed by atoms with Gasteiger partial charge in [-0.2, -0.15) is 0 Å². The van der Waals surface area contributed by atoms with Crippen LogP contribution in [0.15, 0.2) is 17.5 Å². The minimum atomic E-state index is -0.425. The lowest BCUT2D eigenvalue weighted by molar-refractivity contribution is -0.127. The molecule has 0 spiro atoms. The summed E-state index contributed by atoms with van der Waals surface area (Å²) < 4.78 is 3.20. The molecule has 5 rings (SSSR count). The first-order valence-corrected chi connectivity index (χ1v) is 13.4. The predicted octanol–water partition coefficient (Wildman–Crippen LogP) is 4.10. The van der Waals surface area contributed by atoms with E-state index in [-0.39, 0.29) is 17.9 Å². The number of hydrogen-bond acceptors (Lipinski definition) is 4. The summed E-state index contributed by atoms with van der Waals surface area (Å²) >= 11 is 1.66. The van der Waals surface area contributed by atoms with Gasteiger partial charge in [0.15, 0.2) is 0 Å². The molecule has 0 aromatic carbocycles. The molecule has 1 aliphatic carbocycles. The number of carbonyl (C=O) groups is 2. The summed E-state index contributed by atoms with van der Waals surface area (Å²) in [5, 5.41) is 5.37. The van der Waals surface area contributed by atoms with Crippen molar-refractivity contribution in [1.82, 2.24) is 19.7 Å². The quantitative estimate of drug-likeness (QED) is 0.712. The van der Waals surface area contributed by atoms with E-state index in [1.54, 1.807) is 11.3 Å². The van der Waals surface area contributed by atoms with Crippen molar-refractivity contribution in [3.63, 3.8) is 0 Å². The minimum absolute atomic E-state index is 0.00992. The topological polar surface area (TPSA) is 57.6 Å². The van der Waals surface area contributed by atoms with Crippen molar-refractivity contribution in [2.24, 2.45) is 5.92 Å². The first kappa shape index (κ1) is 22.0. The van der Waals surface area contributed by atoms with Gasteiger partial charge < -0.3 is 19.7 Å². The molecule has 1 atom stereocenters. The van der Waals surface area contributed by atoms with E-state index in [1.807, 2.05) is 11.0 Å². The fourth-order valence-electron chi connectivity index (χ4n) is 5.74. The number of nitrogens with one attached hydrogen (secondary N) is 1. The fourth-order valence-corrected chi connectivity index (χ4v) is 6.56. The molecule has 7 heteroatoms. The summed E-state index contributed by atoms with van der Waals surface area (Å²) in [6.45, 7) is 6.83. The highest BCUT2D eigenvalue weighted by molar-refractivity contribution is 7.17. The molecule has 1 saturated heterocycles. The molecule has 174 valence electrons. The number of amides is 2. The number of likely N-dealkylation sites (tertiary alicyclic amines) is 1. The molecular formula is C25H36N4O2S. The van der Waals surface area contributed by atoms with E-state index in [0.29, 0.717) is 13.1 Å². The summed E-state index contributed by atoms with van der Waals surface area (Å²) in [5.74, 6) is 0.786. The molecule has 0 radical (unpaired) electrons. The second-order valence-corrected chi connectivity index (χ2v) is 11.0. The third-order valence-electron chi connectivity index (χ3n) is 7.72. The molecule has 1 saturated carbocycles. The number of carbonyl (C=O) groups excluding carboxylic acids is 2. The molecule has 2 fully saturated rings. The van der Waals surface area contributed by atoms with Gasteiger partial charge in [-0.15, -0.1) is 11.3 Å². The highest BCUT2D eigenvalue weighted by atomic mass is 32.1. The van der Waals surface area contributed by atoms with Gasteiger partial charge in [-0.3, -0.25) is 9.59 Å². The molecule has 32 heavy (non-hydrogen) atoms. The normalized spacial score (nSPS) is 27.0. The van der Waals surface area contributed by atoms with Crippen molar-refractivity contribution in [1.29, 1.82) is 0 Å². The average molecular weight is 457 g/mol. The molecule has 2 aliphatic heterocycles. The second kappa shape index (κ2) is 9.56. The Kier molecular flexibility index (Phi) is 6.56. The van der Waals surface area contributed by atoms with Gasteiger partial charge in [0.2, 0.25) is 5.91 Å². The van der Waals surface area contributed by atoms with Crippen molar-refractivity contribution < 1.29 is 9.59 Å².